The Hall–Kier alpha value is -5.19. The van der Waals surface area contributed by atoms with Crippen molar-refractivity contribution < 1.29 is 28.6 Å². The Labute approximate surface area is 281 Å². The highest BCUT2D eigenvalue weighted by Crippen LogP contribution is 2.40. The van der Waals surface area contributed by atoms with E-state index < -0.39 is 5.97 Å². The number of aromatic nitrogens is 3. The summed E-state index contributed by atoms with van der Waals surface area (Å²) in [6.07, 6.45) is 3.85. The van der Waals surface area contributed by atoms with Gasteiger partial charge >= 0.3 is 5.97 Å². The lowest BCUT2D eigenvalue weighted by atomic mass is 9.79. The summed E-state index contributed by atoms with van der Waals surface area (Å²) in [6, 6.07) is 19.4. The Balaban J connectivity index is 1.24. The summed E-state index contributed by atoms with van der Waals surface area (Å²) < 4.78 is 19.7. The summed E-state index contributed by atoms with van der Waals surface area (Å²) in [4.78, 5) is 29.5. The number of carbonyl (C=O) groups excluding carboxylic acids is 1. The standard InChI is InChI=1S/C37H33ClN4O6/c1-20-25(7-5-8-26(20)36-40-31-12-21(19-43)11-30(38)35(31)48-36)27-9-6-10-32-28(27)17-39-42(32)24-15-33(46-3)29(34(16-24)47-4)18-41(2)23-13-22(14-23)37(44)45/h5-12,15-17,19,22-23H,13-14,18H2,1-4H3,(H,44,45). The Morgan fingerprint density at radius 1 is 1.06 bits per heavy atom. The second-order valence-electron chi connectivity index (χ2n) is 12.2. The number of carbonyl (C=O) groups is 2. The normalized spacial score (nSPS) is 16.0. The van der Waals surface area contributed by atoms with Crippen molar-refractivity contribution >= 4 is 45.9 Å². The monoisotopic (exact) mass is 664 g/mol. The molecule has 1 aliphatic rings. The van der Waals surface area contributed by atoms with E-state index in [-0.39, 0.29) is 12.0 Å². The molecule has 6 aromatic rings. The Kier molecular flexibility index (Phi) is 8.14. The zero-order valence-electron chi connectivity index (χ0n) is 26.9. The quantitative estimate of drug-likeness (QED) is 0.148. The minimum Gasteiger partial charge on any atom is -0.496 e. The highest BCUT2D eigenvalue weighted by Gasteiger charge is 2.37. The van der Waals surface area contributed by atoms with E-state index in [0.717, 1.165) is 50.7 Å². The van der Waals surface area contributed by atoms with Gasteiger partial charge in [0.2, 0.25) is 5.89 Å². The zero-order chi connectivity index (χ0) is 33.7. The first kappa shape index (κ1) is 31.4. The summed E-state index contributed by atoms with van der Waals surface area (Å²) >= 11 is 6.39. The SMILES string of the molecule is COc1cc(-n2ncc3c(-c4cccc(-c5nc6cc(C=O)cc(Cl)c6o5)c4C)cccc32)cc(OC)c1CN(C)C1CC(C(=O)O)C1. The number of carboxylic acids is 1. The Morgan fingerprint density at radius 3 is 2.44 bits per heavy atom. The van der Waals surface area contributed by atoms with E-state index in [9.17, 15) is 14.7 Å². The first-order valence-corrected chi connectivity index (χ1v) is 15.9. The van der Waals surface area contributed by atoms with Crippen LogP contribution in [0.4, 0.5) is 0 Å². The molecule has 1 aliphatic carbocycles. The van der Waals surface area contributed by atoms with E-state index in [1.54, 1.807) is 26.4 Å². The van der Waals surface area contributed by atoms with Gasteiger partial charge in [-0.2, -0.15) is 5.10 Å². The van der Waals surface area contributed by atoms with Crippen LogP contribution in [0.3, 0.4) is 0 Å². The van der Waals surface area contributed by atoms with Crippen molar-refractivity contribution in [3.05, 3.63) is 88.6 Å². The number of hydrogen-bond acceptors (Lipinski definition) is 8. The number of methoxy groups -OCH3 is 2. The molecular weight excluding hydrogens is 632 g/mol. The van der Waals surface area contributed by atoms with Crippen molar-refractivity contribution in [3.63, 3.8) is 0 Å². The average Bonchev–Trinajstić information content (AvgIpc) is 3.69. The van der Waals surface area contributed by atoms with Crippen molar-refractivity contribution in [2.24, 2.45) is 5.92 Å². The van der Waals surface area contributed by atoms with E-state index in [2.05, 4.69) is 22.0 Å². The number of aliphatic carboxylic acids is 1. The number of ether oxygens (including phenoxy) is 2. The molecule has 0 saturated heterocycles. The lowest BCUT2D eigenvalue weighted by Gasteiger charge is -2.39. The summed E-state index contributed by atoms with van der Waals surface area (Å²) in [5.41, 5.74) is 7.72. The average molecular weight is 665 g/mol. The molecule has 1 fully saturated rings. The van der Waals surface area contributed by atoms with Crippen LogP contribution in [0.25, 0.3) is 50.3 Å². The topological polar surface area (TPSA) is 120 Å². The molecule has 0 aliphatic heterocycles. The number of fused-ring (bicyclic) bond motifs is 2. The van der Waals surface area contributed by atoms with Gasteiger partial charge in [0, 0.05) is 41.2 Å². The fourth-order valence-corrected chi connectivity index (χ4v) is 6.88. The van der Waals surface area contributed by atoms with E-state index in [1.165, 1.54) is 0 Å². The molecule has 0 unspecified atom stereocenters. The van der Waals surface area contributed by atoms with Gasteiger partial charge in [-0.25, -0.2) is 9.67 Å². The van der Waals surface area contributed by atoms with Crippen LogP contribution in [0.5, 0.6) is 11.5 Å². The van der Waals surface area contributed by atoms with Crippen LogP contribution in [0, 0.1) is 12.8 Å². The smallest absolute Gasteiger partial charge is 0.306 e. The van der Waals surface area contributed by atoms with E-state index in [1.807, 2.05) is 61.2 Å². The first-order chi connectivity index (χ1) is 23.2. The molecule has 7 rings (SSSR count). The molecule has 0 amide bonds. The zero-order valence-corrected chi connectivity index (χ0v) is 27.6. The van der Waals surface area contributed by atoms with Crippen molar-refractivity contribution in [1.29, 1.82) is 0 Å². The van der Waals surface area contributed by atoms with Gasteiger partial charge in [-0.15, -0.1) is 0 Å². The molecule has 244 valence electrons. The maximum atomic E-state index is 11.4. The van der Waals surface area contributed by atoms with Crippen LogP contribution in [0.2, 0.25) is 5.02 Å². The second kappa shape index (κ2) is 12.4. The van der Waals surface area contributed by atoms with Gasteiger partial charge in [-0.3, -0.25) is 14.5 Å². The van der Waals surface area contributed by atoms with Crippen LogP contribution < -0.4 is 9.47 Å². The molecule has 1 N–H and O–H groups in total. The Morgan fingerprint density at radius 2 is 1.75 bits per heavy atom. The van der Waals surface area contributed by atoms with Gasteiger partial charge in [0.1, 0.15) is 23.3 Å². The molecular formula is C37H33ClN4O6. The summed E-state index contributed by atoms with van der Waals surface area (Å²) in [5, 5.41) is 15.4. The van der Waals surface area contributed by atoms with Gasteiger partial charge in [0.25, 0.3) is 0 Å². The van der Waals surface area contributed by atoms with Crippen LogP contribution in [-0.4, -0.2) is 64.3 Å². The summed E-state index contributed by atoms with van der Waals surface area (Å²) in [5.74, 6) is 0.716. The van der Waals surface area contributed by atoms with Crippen molar-refractivity contribution in [3.8, 4) is 39.8 Å². The highest BCUT2D eigenvalue weighted by atomic mass is 35.5. The fraction of sp³-hybridized carbons (Fsp3) is 0.243. The third-order valence-electron chi connectivity index (χ3n) is 9.40. The maximum absolute atomic E-state index is 11.4. The van der Waals surface area contributed by atoms with Gasteiger partial charge < -0.3 is 19.0 Å². The van der Waals surface area contributed by atoms with Crippen molar-refractivity contribution in [1.82, 2.24) is 19.7 Å². The fourth-order valence-electron chi connectivity index (χ4n) is 6.62. The lowest BCUT2D eigenvalue weighted by molar-refractivity contribution is -0.146. The minimum atomic E-state index is -0.736. The van der Waals surface area contributed by atoms with E-state index in [4.69, 9.17) is 30.6 Å². The Bertz CT molecular complexity index is 2190. The van der Waals surface area contributed by atoms with Gasteiger partial charge in [-0.1, -0.05) is 35.9 Å². The van der Waals surface area contributed by atoms with Crippen LogP contribution in [-0.2, 0) is 11.3 Å². The number of carboxylic acid groups (broad SMARTS) is 1. The molecule has 2 heterocycles. The number of nitrogens with zero attached hydrogens (tertiary/aromatic N) is 4. The third-order valence-corrected chi connectivity index (χ3v) is 9.68. The molecule has 0 radical (unpaired) electrons. The van der Waals surface area contributed by atoms with Gasteiger partial charge in [-0.05, 0) is 67.8 Å². The first-order valence-electron chi connectivity index (χ1n) is 15.5. The number of aldehydes is 1. The van der Waals surface area contributed by atoms with Crippen LogP contribution >= 0.6 is 11.6 Å². The highest BCUT2D eigenvalue weighted by molar-refractivity contribution is 6.35. The molecule has 0 spiro atoms. The number of halogens is 1. The molecule has 10 nitrogen and oxygen atoms in total. The van der Waals surface area contributed by atoms with Gasteiger partial charge in [0.15, 0.2) is 5.58 Å². The molecule has 0 atom stereocenters. The maximum Gasteiger partial charge on any atom is 0.306 e. The molecule has 11 heteroatoms. The third kappa shape index (κ3) is 5.36. The van der Waals surface area contributed by atoms with Crippen molar-refractivity contribution in [2.75, 3.05) is 21.3 Å². The molecule has 48 heavy (non-hydrogen) atoms. The van der Waals surface area contributed by atoms with E-state index >= 15 is 0 Å². The van der Waals surface area contributed by atoms with Crippen LogP contribution in [0.15, 0.2) is 71.3 Å². The lowest BCUT2D eigenvalue weighted by Crippen LogP contribution is -2.44. The number of rotatable bonds is 10. The van der Waals surface area contributed by atoms with Crippen LogP contribution in [0.1, 0.15) is 34.3 Å². The largest absolute Gasteiger partial charge is 0.496 e. The summed E-state index contributed by atoms with van der Waals surface area (Å²) in [6.45, 7) is 2.58. The summed E-state index contributed by atoms with van der Waals surface area (Å²) in [7, 11) is 5.26. The number of benzene rings is 4. The van der Waals surface area contributed by atoms with Gasteiger partial charge in [0.05, 0.1) is 48.1 Å². The molecule has 2 aromatic heterocycles. The predicted molar refractivity (Wildman–Crippen MR) is 183 cm³/mol. The minimum absolute atomic E-state index is 0.186. The van der Waals surface area contributed by atoms with Crippen molar-refractivity contribution in [2.45, 2.75) is 32.4 Å². The molecule has 4 aromatic carbocycles. The molecule has 0 bridgehead atoms. The second-order valence-corrected chi connectivity index (χ2v) is 12.6. The molecule has 1 saturated carbocycles. The van der Waals surface area contributed by atoms with E-state index in [0.29, 0.717) is 58.5 Å². The predicted octanol–water partition coefficient (Wildman–Crippen LogP) is 7.59. The number of oxazole rings is 1. The number of hydrogen-bond donors (Lipinski definition) is 1.